The Morgan fingerprint density at radius 3 is 1.69 bits per heavy atom. The third-order valence-electron chi connectivity index (χ3n) is 7.27. The number of hydrogen-bond acceptors (Lipinski definition) is 3. The maximum atomic E-state index is 13.4. The van der Waals surface area contributed by atoms with E-state index in [1.54, 1.807) is 26.4 Å². The smallest absolute Gasteiger partial charge is 0.314 e. The third-order valence-corrected chi connectivity index (χ3v) is 7.27. The second-order valence-corrected chi connectivity index (χ2v) is 9.15. The Hall–Kier alpha value is -4.31. The second-order valence-electron chi connectivity index (χ2n) is 9.15. The minimum absolute atomic E-state index is 0.495. The van der Waals surface area contributed by atoms with Gasteiger partial charge in [-0.15, -0.1) is 0 Å². The van der Waals surface area contributed by atoms with E-state index in [1.165, 1.54) is 0 Å². The first-order chi connectivity index (χ1) is 17.5. The molecule has 0 aliphatic rings. The van der Waals surface area contributed by atoms with Gasteiger partial charge in [-0.05, 0) is 57.3 Å². The maximum absolute atomic E-state index is 13.4. The number of aliphatic carboxylic acids is 1. The molecule has 0 bridgehead atoms. The van der Waals surface area contributed by atoms with Crippen molar-refractivity contribution >= 4 is 27.5 Å². The van der Waals surface area contributed by atoms with Gasteiger partial charge in [0.05, 0.1) is 14.2 Å². The van der Waals surface area contributed by atoms with Gasteiger partial charge in [-0.25, -0.2) is 0 Å². The first-order valence-electron chi connectivity index (χ1n) is 11.9. The minimum atomic E-state index is -1.33. The van der Waals surface area contributed by atoms with Gasteiger partial charge in [-0.1, -0.05) is 91.0 Å². The zero-order valence-electron chi connectivity index (χ0n) is 20.6. The largest absolute Gasteiger partial charge is 0.493 e. The average Bonchev–Trinajstić information content (AvgIpc) is 2.92. The van der Waals surface area contributed by atoms with Gasteiger partial charge >= 0.3 is 5.97 Å². The Kier molecular flexibility index (Phi) is 6.11. The van der Waals surface area contributed by atoms with Crippen LogP contribution in [0.15, 0.2) is 103 Å². The predicted molar refractivity (Wildman–Crippen MR) is 144 cm³/mol. The van der Waals surface area contributed by atoms with Crippen LogP contribution in [-0.4, -0.2) is 25.3 Å². The molecule has 5 aromatic rings. The summed E-state index contributed by atoms with van der Waals surface area (Å²) in [6.45, 7) is 1.81. The Labute approximate surface area is 210 Å². The summed E-state index contributed by atoms with van der Waals surface area (Å²) in [4.78, 5) is 13.4. The molecule has 1 N–H and O–H groups in total. The highest BCUT2D eigenvalue weighted by atomic mass is 16.5. The van der Waals surface area contributed by atoms with Gasteiger partial charge in [0.25, 0.3) is 0 Å². The van der Waals surface area contributed by atoms with E-state index in [0.29, 0.717) is 17.1 Å². The molecule has 0 spiro atoms. The fourth-order valence-corrected chi connectivity index (χ4v) is 5.37. The Bertz CT molecular complexity index is 1480. The quantitative estimate of drug-likeness (QED) is 0.270. The number of carboxylic acid groups (broad SMARTS) is 1. The van der Waals surface area contributed by atoms with Crippen molar-refractivity contribution in [2.24, 2.45) is 0 Å². The molecule has 4 nitrogen and oxygen atoms in total. The monoisotopic (exact) mass is 476 g/mol. The van der Waals surface area contributed by atoms with E-state index in [-0.39, 0.29) is 0 Å². The van der Waals surface area contributed by atoms with Crippen LogP contribution in [0.3, 0.4) is 0 Å². The van der Waals surface area contributed by atoms with E-state index >= 15 is 0 Å². The van der Waals surface area contributed by atoms with Crippen LogP contribution in [0.1, 0.15) is 29.5 Å². The molecule has 180 valence electrons. The van der Waals surface area contributed by atoms with Crippen LogP contribution < -0.4 is 9.47 Å². The van der Waals surface area contributed by atoms with Crippen molar-refractivity contribution in [2.45, 2.75) is 18.3 Å². The summed E-state index contributed by atoms with van der Waals surface area (Å²) in [6, 6.07) is 33.9. The molecule has 0 radical (unpaired) electrons. The normalized spacial score (nSPS) is 13.0. The van der Waals surface area contributed by atoms with E-state index in [2.05, 4.69) is 48.5 Å². The third kappa shape index (κ3) is 3.75. The number of ether oxygens (including phenoxy) is 2. The Morgan fingerprint density at radius 1 is 0.694 bits per heavy atom. The molecule has 0 aromatic heterocycles. The highest BCUT2D eigenvalue weighted by molar-refractivity contribution is 5.94. The van der Waals surface area contributed by atoms with Crippen molar-refractivity contribution in [3.05, 3.63) is 120 Å². The fourth-order valence-electron chi connectivity index (χ4n) is 5.37. The SMILES string of the molecule is COc1ccc([C@](C)(C(=O)O)C(c2cccc3ccccc23)c2cccc3ccccc23)cc1OC. The van der Waals surface area contributed by atoms with Gasteiger partial charge in [0.2, 0.25) is 0 Å². The van der Waals surface area contributed by atoms with Crippen LogP contribution in [0.25, 0.3) is 21.5 Å². The topological polar surface area (TPSA) is 55.8 Å². The number of carboxylic acids is 1. The molecule has 0 aliphatic heterocycles. The summed E-state index contributed by atoms with van der Waals surface area (Å²) in [5.41, 5.74) is 1.24. The first-order valence-corrected chi connectivity index (χ1v) is 11.9. The van der Waals surface area contributed by atoms with E-state index < -0.39 is 17.3 Å². The van der Waals surface area contributed by atoms with Gasteiger partial charge < -0.3 is 14.6 Å². The molecule has 0 saturated carbocycles. The van der Waals surface area contributed by atoms with Crippen LogP contribution in [0.2, 0.25) is 0 Å². The molecule has 0 amide bonds. The maximum Gasteiger partial charge on any atom is 0.314 e. The molecular formula is C32H28O4. The lowest BCUT2D eigenvalue weighted by atomic mass is 9.64. The number of rotatable bonds is 7. The summed E-state index contributed by atoms with van der Waals surface area (Å²) < 4.78 is 11.0. The van der Waals surface area contributed by atoms with Gasteiger partial charge in [0.1, 0.15) is 5.41 Å². The van der Waals surface area contributed by atoms with Crippen molar-refractivity contribution in [1.82, 2.24) is 0 Å². The Balaban J connectivity index is 1.89. The van der Waals surface area contributed by atoms with E-state index in [1.807, 2.05) is 49.4 Å². The predicted octanol–water partition coefficient (Wildman–Crippen LogP) is 7.18. The average molecular weight is 477 g/mol. The summed E-state index contributed by atoms with van der Waals surface area (Å²) in [5, 5.41) is 15.1. The van der Waals surface area contributed by atoms with Crippen molar-refractivity contribution in [3.8, 4) is 11.5 Å². The molecule has 0 saturated heterocycles. The zero-order chi connectivity index (χ0) is 25.3. The number of benzene rings is 5. The van der Waals surface area contributed by atoms with Crippen LogP contribution in [0.4, 0.5) is 0 Å². The number of methoxy groups -OCH3 is 2. The summed E-state index contributed by atoms with van der Waals surface area (Å²) in [5.74, 6) is -0.358. The molecule has 5 rings (SSSR count). The molecule has 0 aliphatic carbocycles. The fraction of sp³-hybridized carbons (Fsp3) is 0.156. The zero-order valence-corrected chi connectivity index (χ0v) is 20.6. The minimum Gasteiger partial charge on any atom is -0.493 e. The van der Waals surface area contributed by atoms with Crippen LogP contribution in [-0.2, 0) is 10.2 Å². The van der Waals surface area contributed by atoms with E-state index in [0.717, 1.165) is 32.7 Å². The molecule has 4 heteroatoms. The molecule has 0 unspecified atom stereocenters. The second kappa shape index (κ2) is 9.38. The van der Waals surface area contributed by atoms with Gasteiger partial charge in [-0.3, -0.25) is 4.79 Å². The van der Waals surface area contributed by atoms with Crippen molar-refractivity contribution in [1.29, 1.82) is 0 Å². The van der Waals surface area contributed by atoms with Gasteiger partial charge in [0, 0.05) is 5.92 Å². The lowest BCUT2D eigenvalue weighted by Crippen LogP contribution is -2.39. The van der Waals surface area contributed by atoms with E-state index in [9.17, 15) is 9.90 Å². The van der Waals surface area contributed by atoms with Crippen molar-refractivity contribution in [2.75, 3.05) is 14.2 Å². The lowest BCUT2D eigenvalue weighted by Gasteiger charge is -2.37. The van der Waals surface area contributed by atoms with Crippen LogP contribution >= 0.6 is 0 Å². The number of fused-ring (bicyclic) bond motifs is 2. The molecule has 5 aromatic carbocycles. The highest BCUT2D eigenvalue weighted by Crippen LogP contribution is 2.49. The molecule has 0 fully saturated rings. The van der Waals surface area contributed by atoms with Crippen molar-refractivity contribution in [3.63, 3.8) is 0 Å². The molecular weight excluding hydrogens is 448 g/mol. The Morgan fingerprint density at radius 2 is 1.19 bits per heavy atom. The van der Waals surface area contributed by atoms with Gasteiger partial charge in [0.15, 0.2) is 11.5 Å². The van der Waals surface area contributed by atoms with Crippen molar-refractivity contribution < 1.29 is 19.4 Å². The first kappa shape index (κ1) is 23.4. The summed E-state index contributed by atoms with van der Waals surface area (Å²) in [6.07, 6.45) is 0. The lowest BCUT2D eigenvalue weighted by molar-refractivity contribution is -0.143. The molecule has 1 atom stereocenters. The summed E-state index contributed by atoms with van der Waals surface area (Å²) >= 11 is 0. The molecule has 36 heavy (non-hydrogen) atoms. The highest BCUT2D eigenvalue weighted by Gasteiger charge is 2.46. The summed E-state index contributed by atoms with van der Waals surface area (Å²) in [7, 11) is 3.13. The number of carbonyl (C=O) groups is 1. The standard InChI is InChI=1S/C32H28O4/c1-32(31(33)34,23-18-19-28(35-2)29(20-23)36-3)30(26-16-8-12-21-10-4-6-14-24(21)26)27-17-9-13-22-11-5-7-15-25(22)27/h4-20,30H,1-3H3,(H,33,34)/t32-/m0/s1. The van der Waals surface area contributed by atoms with Crippen LogP contribution in [0, 0.1) is 0 Å². The van der Waals surface area contributed by atoms with Gasteiger partial charge in [-0.2, -0.15) is 0 Å². The van der Waals surface area contributed by atoms with Crippen LogP contribution in [0.5, 0.6) is 11.5 Å². The van der Waals surface area contributed by atoms with E-state index in [4.69, 9.17) is 9.47 Å². The molecule has 0 heterocycles. The number of hydrogen-bond donors (Lipinski definition) is 1.